The number of benzene rings is 2. The number of aromatic nitrogens is 2. The maximum absolute atomic E-state index is 11.8. The standard InChI is InChI=1S/C22H18N2O4S2/c1-3-27-21(25)15-9-5-13(6-10-15)17-23-19-20(29-17)24-18(30-19)14-7-11-16(12-8-14)22(26)28-4-2/h5-12H,3-4H2,1-2H3. The topological polar surface area (TPSA) is 78.4 Å². The molecule has 0 unspecified atom stereocenters. The van der Waals surface area contributed by atoms with Crippen molar-refractivity contribution in [3.63, 3.8) is 0 Å². The Labute approximate surface area is 181 Å². The fourth-order valence-electron chi connectivity index (χ4n) is 2.82. The highest BCUT2D eigenvalue weighted by atomic mass is 32.1. The molecule has 0 saturated heterocycles. The molecule has 152 valence electrons. The van der Waals surface area contributed by atoms with Crippen LogP contribution < -0.4 is 0 Å². The Morgan fingerprint density at radius 3 is 1.40 bits per heavy atom. The van der Waals surface area contributed by atoms with Crippen LogP contribution in [0.5, 0.6) is 0 Å². The molecule has 0 aliphatic rings. The van der Waals surface area contributed by atoms with Gasteiger partial charge < -0.3 is 9.47 Å². The van der Waals surface area contributed by atoms with Crippen LogP contribution in [0.2, 0.25) is 0 Å². The van der Waals surface area contributed by atoms with E-state index >= 15 is 0 Å². The molecule has 0 amide bonds. The van der Waals surface area contributed by atoms with Crippen molar-refractivity contribution in [1.82, 2.24) is 9.97 Å². The van der Waals surface area contributed by atoms with E-state index in [1.807, 2.05) is 24.3 Å². The van der Waals surface area contributed by atoms with Crippen LogP contribution in [0.15, 0.2) is 48.5 Å². The normalized spacial score (nSPS) is 10.9. The maximum Gasteiger partial charge on any atom is 0.338 e. The number of nitrogens with zero attached hydrogens (tertiary/aromatic N) is 2. The smallest absolute Gasteiger partial charge is 0.338 e. The average molecular weight is 439 g/mol. The molecule has 4 rings (SSSR count). The third-order valence-corrected chi connectivity index (χ3v) is 6.39. The third-order valence-electron chi connectivity index (χ3n) is 4.26. The first-order chi connectivity index (χ1) is 14.6. The number of thiazole rings is 2. The molecule has 4 aromatic rings. The van der Waals surface area contributed by atoms with Crippen molar-refractivity contribution in [3.8, 4) is 21.1 Å². The molecule has 0 N–H and O–H groups in total. The molecule has 6 nitrogen and oxygen atoms in total. The van der Waals surface area contributed by atoms with Crippen molar-refractivity contribution >= 4 is 44.3 Å². The van der Waals surface area contributed by atoms with Gasteiger partial charge in [-0.1, -0.05) is 46.9 Å². The molecule has 0 radical (unpaired) electrons. The van der Waals surface area contributed by atoms with Gasteiger partial charge >= 0.3 is 11.9 Å². The van der Waals surface area contributed by atoms with Crippen molar-refractivity contribution in [1.29, 1.82) is 0 Å². The average Bonchev–Trinajstić information content (AvgIpc) is 3.34. The minimum absolute atomic E-state index is 0.329. The molecule has 0 atom stereocenters. The van der Waals surface area contributed by atoms with Gasteiger partial charge in [0.15, 0.2) is 9.66 Å². The quantitative estimate of drug-likeness (QED) is 0.373. The van der Waals surface area contributed by atoms with Crippen LogP contribution >= 0.6 is 22.7 Å². The van der Waals surface area contributed by atoms with E-state index in [-0.39, 0.29) is 11.9 Å². The first-order valence-corrected chi connectivity index (χ1v) is 11.0. The van der Waals surface area contributed by atoms with Gasteiger partial charge in [0.2, 0.25) is 0 Å². The lowest BCUT2D eigenvalue weighted by atomic mass is 10.1. The number of carbonyl (C=O) groups excluding carboxylic acids is 2. The zero-order chi connectivity index (χ0) is 21.1. The van der Waals surface area contributed by atoms with Gasteiger partial charge in [0.1, 0.15) is 10.0 Å². The number of esters is 2. The third kappa shape index (κ3) is 4.10. The summed E-state index contributed by atoms with van der Waals surface area (Å²) in [5.41, 5.74) is 2.90. The van der Waals surface area contributed by atoms with E-state index in [4.69, 9.17) is 19.4 Å². The van der Waals surface area contributed by atoms with Gasteiger partial charge in [-0.15, -0.1) is 0 Å². The number of fused-ring (bicyclic) bond motifs is 1. The number of rotatable bonds is 6. The molecule has 8 heteroatoms. The van der Waals surface area contributed by atoms with Crippen LogP contribution in [0.3, 0.4) is 0 Å². The number of hydrogen-bond acceptors (Lipinski definition) is 8. The van der Waals surface area contributed by atoms with E-state index < -0.39 is 0 Å². The Hall–Kier alpha value is -3.10. The lowest BCUT2D eigenvalue weighted by Crippen LogP contribution is -2.03. The van der Waals surface area contributed by atoms with E-state index in [0.29, 0.717) is 24.3 Å². The van der Waals surface area contributed by atoms with E-state index in [9.17, 15) is 9.59 Å². The van der Waals surface area contributed by atoms with Crippen molar-refractivity contribution in [3.05, 3.63) is 59.7 Å². The van der Waals surface area contributed by atoms with Gasteiger partial charge in [0.25, 0.3) is 0 Å². The molecule has 30 heavy (non-hydrogen) atoms. The number of ether oxygens (including phenoxy) is 2. The van der Waals surface area contributed by atoms with Gasteiger partial charge in [-0.2, -0.15) is 0 Å². The summed E-state index contributed by atoms with van der Waals surface area (Å²) in [6.07, 6.45) is 0. The second-order valence-electron chi connectivity index (χ2n) is 6.24. The lowest BCUT2D eigenvalue weighted by molar-refractivity contribution is 0.0517. The Morgan fingerprint density at radius 2 is 1.07 bits per heavy atom. The van der Waals surface area contributed by atoms with Crippen molar-refractivity contribution in [2.45, 2.75) is 13.8 Å². The van der Waals surface area contributed by atoms with Crippen molar-refractivity contribution < 1.29 is 19.1 Å². The second-order valence-corrected chi connectivity index (χ2v) is 8.20. The van der Waals surface area contributed by atoms with Gasteiger partial charge in [-0.3, -0.25) is 0 Å². The summed E-state index contributed by atoms with van der Waals surface area (Å²) in [6.45, 7) is 4.26. The van der Waals surface area contributed by atoms with E-state index in [2.05, 4.69) is 0 Å². The first kappa shape index (κ1) is 20.2. The minimum Gasteiger partial charge on any atom is -0.462 e. The van der Waals surface area contributed by atoms with Gasteiger partial charge in [0.05, 0.1) is 24.3 Å². The summed E-state index contributed by atoms with van der Waals surface area (Å²) in [5.74, 6) is -0.658. The molecule has 0 bridgehead atoms. The molecule has 0 aliphatic heterocycles. The lowest BCUT2D eigenvalue weighted by Gasteiger charge is -2.02. The van der Waals surface area contributed by atoms with Crippen LogP contribution in [-0.4, -0.2) is 35.1 Å². The molecule has 2 heterocycles. The van der Waals surface area contributed by atoms with Crippen LogP contribution in [-0.2, 0) is 9.47 Å². The number of hydrogen-bond donors (Lipinski definition) is 0. The molecule has 2 aromatic heterocycles. The Kier molecular flexibility index (Phi) is 5.87. The first-order valence-electron chi connectivity index (χ1n) is 9.41. The highest BCUT2D eigenvalue weighted by Crippen LogP contribution is 2.36. The van der Waals surface area contributed by atoms with Gasteiger partial charge in [-0.05, 0) is 38.1 Å². The summed E-state index contributed by atoms with van der Waals surface area (Å²) < 4.78 is 10.0. The Bertz CT molecular complexity index is 1070. The summed E-state index contributed by atoms with van der Waals surface area (Å²) in [4.78, 5) is 34.7. The summed E-state index contributed by atoms with van der Waals surface area (Å²) >= 11 is 3.01. The SMILES string of the molecule is CCOC(=O)c1ccc(-c2nc3sc(-c4ccc(C(=O)OCC)cc4)nc3s2)cc1. The summed E-state index contributed by atoms with van der Waals surface area (Å²) in [7, 11) is 0. The van der Waals surface area contributed by atoms with Gasteiger partial charge in [-0.25, -0.2) is 19.6 Å². The Balaban J connectivity index is 1.54. The monoisotopic (exact) mass is 438 g/mol. The molecule has 0 aliphatic carbocycles. The molecule has 2 aromatic carbocycles. The van der Waals surface area contributed by atoms with E-state index in [1.54, 1.807) is 38.1 Å². The predicted octanol–water partition coefficient (Wildman–Crippen LogP) is 5.44. The molecular weight excluding hydrogens is 420 g/mol. The van der Waals surface area contributed by atoms with Gasteiger partial charge in [0, 0.05) is 11.1 Å². The van der Waals surface area contributed by atoms with Crippen molar-refractivity contribution in [2.24, 2.45) is 0 Å². The molecule has 0 fully saturated rings. The van der Waals surface area contributed by atoms with Crippen LogP contribution in [0.1, 0.15) is 34.6 Å². The minimum atomic E-state index is -0.329. The fourth-order valence-corrected chi connectivity index (χ4v) is 4.87. The van der Waals surface area contributed by atoms with Crippen LogP contribution in [0.4, 0.5) is 0 Å². The largest absolute Gasteiger partial charge is 0.462 e. The van der Waals surface area contributed by atoms with Crippen LogP contribution in [0.25, 0.3) is 30.8 Å². The highest BCUT2D eigenvalue weighted by molar-refractivity contribution is 7.29. The summed E-state index contributed by atoms with van der Waals surface area (Å²) in [6, 6.07) is 14.4. The van der Waals surface area contributed by atoms with Crippen LogP contribution in [0, 0.1) is 0 Å². The zero-order valence-electron chi connectivity index (χ0n) is 16.4. The highest BCUT2D eigenvalue weighted by Gasteiger charge is 2.15. The fraction of sp³-hybridized carbons (Fsp3) is 0.182. The molecule has 0 spiro atoms. The molecular formula is C22H18N2O4S2. The second kappa shape index (κ2) is 8.73. The van der Waals surface area contributed by atoms with E-state index in [0.717, 1.165) is 30.8 Å². The zero-order valence-corrected chi connectivity index (χ0v) is 18.0. The van der Waals surface area contributed by atoms with Crippen molar-refractivity contribution in [2.75, 3.05) is 13.2 Å². The number of carbonyl (C=O) groups is 2. The maximum atomic E-state index is 11.8. The predicted molar refractivity (Wildman–Crippen MR) is 118 cm³/mol. The molecule has 0 saturated carbocycles. The Morgan fingerprint density at radius 1 is 0.700 bits per heavy atom. The van der Waals surface area contributed by atoms with E-state index in [1.165, 1.54) is 22.7 Å². The summed E-state index contributed by atoms with van der Waals surface area (Å²) in [5, 5.41) is 1.70.